The minimum atomic E-state index is -0.965. The Morgan fingerprint density at radius 2 is 1.30 bits per heavy atom. The van der Waals surface area contributed by atoms with Crippen LogP contribution in [0.15, 0.2) is 127 Å². The molecule has 1 saturated heterocycles. The second kappa shape index (κ2) is 11.1. The van der Waals surface area contributed by atoms with Crippen molar-refractivity contribution in [1.82, 2.24) is 35.0 Å². The van der Waals surface area contributed by atoms with Crippen molar-refractivity contribution in [1.29, 1.82) is 0 Å². The number of benzene rings is 6. The third kappa shape index (κ3) is 4.16. The van der Waals surface area contributed by atoms with E-state index in [0.29, 0.717) is 77.0 Å². The molecule has 15 nitrogen and oxygen atoms in total. The largest absolute Gasteiger partial charge is 0.494 e. The number of nitrogens with zero attached hydrogens (tertiary/aromatic N) is 7. The lowest BCUT2D eigenvalue weighted by Gasteiger charge is -2.13. The first-order valence-electron chi connectivity index (χ1n) is 17.0. The number of para-hydroxylation sites is 4. The van der Waals surface area contributed by atoms with Gasteiger partial charge in [-0.2, -0.15) is 5.10 Å². The quantitative estimate of drug-likeness (QED) is 0.173. The number of rotatable bonds is 5. The fourth-order valence-electron chi connectivity index (χ4n) is 7.73. The monoisotopic (exact) mass is 712 g/mol. The van der Waals surface area contributed by atoms with E-state index >= 15 is 0 Å². The molecule has 6 aromatic carbocycles. The van der Waals surface area contributed by atoms with Gasteiger partial charge in [-0.25, -0.2) is 20.8 Å². The van der Waals surface area contributed by atoms with Gasteiger partial charge in [-0.1, -0.05) is 48.5 Å². The van der Waals surface area contributed by atoms with Crippen molar-refractivity contribution in [3.63, 3.8) is 0 Å². The number of hydrazine groups is 1. The summed E-state index contributed by atoms with van der Waals surface area (Å²) in [6, 6.07) is 28.8. The number of nitrogens with one attached hydrogen (secondary N) is 3. The SMILES string of the molecule is COc1cc2c3c(cccc3c(=O)n3c4ccccc4nc23)c1N=NC1NNC(NN=c2c(=O)cc3c4c2cccc4c(=O)n2c4ccccc4nc32)O1. The van der Waals surface area contributed by atoms with Gasteiger partial charge < -0.3 is 9.47 Å². The molecule has 0 amide bonds. The lowest BCUT2D eigenvalue weighted by Crippen LogP contribution is -2.41. The lowest BCUT2D eigenvalue weighted by atomic mass is 10.0. The van der Waals surface area contributed by atoms with E-state index in [0.717, 1.165) is 10.9 Å². The lowest BCUT2D eigenvalue weighted by molar-refractivity contribution is 0.0176. The molecule has 11 rings (SSSR count). The molecule has 3 N–H and O–H groups in total. The molecule has 10 aromatic rings. The van der Waals surface area contributed by atoms with Gasteiger partial charge in [0.15, 0.2) is 0 Å². The van der Waals surface area contributed by atoms with Gasteiger partial charge in [0.25, 0.3) is 11.1 Å². The summed E-state index contributed by atoms with van der Waals surface area (Å²) >= 11 is 0. The summed E-state index contributed by atoms with van der Waals surface area (Å²) in [7, 11) is 1.54. The number of methoxy groups -OCH3 is 1. The van der Waals surface area contributed by atoms with Gasteiger partial charge in [0.05, 0.1) is 29.2 Å². The maximum Gasteiger partial charge on any atom is 0.264 e. The van der Waals surface area contributed by atoms with Crippen LogP contribution in [0.3, 0.4) is 0 Å². The first kappa shape index (κ1) is 30.4. The minimum absolute atomic E-state index is 0.111. The first-order chi connectivity index (χ1) is 26.5. The molecule has 5 heterocycles. The van der Waals surface area contributed by atoms with Crippen LogP contribution in [0.5, 0.6) is 5.75 Å². The van der Waals surface area contributed by atoms with E-state index in [2.05, 4.69) is 31.6 Å². The molecule has 2 unspecified atom stereocenters. The van der Waals surface area contributed by atoms with Gasteiger partial charge in [-0.15, -0.1) is 10.2 Å². The first-order valence-corrected chi connectivity index (χ1v) is 17.0. The molecular formula is C39H24N10O5. The molecule has 15 heteroatoms. The van der Waals surface area contributed by atoms with Gasteiger partial charge >= 0.3 is 0 Å². The maximum atomic E-state index is 13.8. The van der Waals surface area contributed by atoms with Crippen molar-refractivity contribution in [2.45, 2.75) is 12.7 Å². The molecule has 54 heavy (non-hydrogen) atoms. The van der Waals surface area contributed by atoms with E-state index in [9.17, 15) is 14.4 Å². The predicted octanol–water partition coefficient (Wildman–Crippen LogP) is 4.18. The van der Waals surface area contributed by atoms with Crippen LogP contribution in [0.2, 0.25) is 0 Å². The van der Waals surface area contributed by atoms with Crippen LogP contribution in [-0.2, 0) is 4.74 Å². The number of azo groups is 1. The summed E-state index contributed by atoms with van der Waals surface area (Å²) in [4.78, 5) is 50.5. The topological polar surface area (TPSA) is 177 Å². The van der Waals surface area contributed by atoms with Crippen molar-refractivity contribution in [3.05, 3.63) is 133 Å². The molecule has 260 valence electrons. The molecule has 0 aliphatic carbocycles. The van der Waals surface area contributed by atoms with Crippen molar-refractivity contribution in [3.8, 4) is 5.75 Å². The molecule has 1 aliphatic rings. The van der Waals surface area contributed by atoms with E-state index < -0.39 is 12.7 Å². The molecule has 1 fully saturated rings. The highest BCUT2D eigenvalue weighted by Gasteiger charge is 2.25. The number of fused-ring (bicyclic) bond motifs is 8. The minimum Gasteiger partial charge on any atom is -0.494 e. The zero-order chi connectivity index (χ0) is 36.2. The van der Waals surface area contributed by atoms with Gasteiger partial charge in [0.2, 0.25) is 18.1 Å². The Labute approximate surface area is 300 Å². The third-order valence-corrected chi connectivity index (χ3v) is 10.0. The zero-order valence-electron chi connectivity index (χ0n) is 28.1. The van der Waals surface area contributed by atoms with Crippen LogP contribution >= 0.6 is 0 Å². The van der Waals surface area contributed by atoms with Crippen LogP contribution in [0, 0.1) is 0 Å². The predicted molar refractivity (Wildman–Crippen MR) is 202 cm³/mol. The molecule has 2 atom stereocenters. The average molecular weight is 713 g/mol. The van der Waals surface area contributed by atoms with Gasteiger partial charge in [0.1, 0.15) is 28.1 Å². The van der Waals surface area contributed by atoms with Crippen molar-refractivity contribution in [2.24, 2.45) is 15.3 Å². The molecule has 0 saturated carbocycles. The van der Waals surface area contributed by atoms with Crippen molar-refractivity contribution < 1.29 is 9.47 Å². The molecule has 0 bridgehead atoms. The molecule has 0 spiro atoms. The summed E-state index contributed by atoms with van der Waals surface area (Å²) in [5.41, 5.74) is 12.0. The number of hydrogen-bond donors (Lipinski definition) is 3. The Bertz CT molecular complexity index is 3490. The fraction of sp³-hybridized carbons (Fsp3) is 0.0769. The number of aromatic nitrogens is 4. The Hall–Kier alpha value is -7.20. The summed E-state index contributed by atoms with van der Waals surface area (Å²) in [5, 5.41) is 18.2. The standard InChI is InChI=1S/C39H24N10O5/c1-53-29-17-23-31-19(9-7-11-21(31)37(52)49-27-15-5-3-13-25(27)41-35(23)49)33(29)43-45-39-47-46-38(54-39)44-42-32-18-8-6-10-20-30(18)22(16-28(32)50)34-40-24-12-2-4-14-26(24)48(34)36(20)51/h2-17,38-39,44,46-47H,1H3. The van der Waals surface area contributed by atoms with E-state index in [1.807, 2.05) is 60.7 Å². The average Bonchev–Trinajstić information content (AvgIpc) is 3.93. The molecular weight excluding hydrogens is 688 g/mol. The highest BCUT2D eigenvalue weighted by molar-refractivity contribution is 6.20. The summed E-state index contributed by atoms with van der Waals surface area (Å²) in [6.45, 7) is 0. The van der Waals surface area contributed by atoms with Crippen LogP contribution in [0.1, 0.15) is 0 Å². The highest BCUT2D eigenvalue weighted by atomic mass is 16.6. The third-order valence-electron chi connectivity index (χ3n) is 10.0. The van der Waals surface area contributed by atoms with Gasteiger partial charge in [0, 0.05) is 43.1 Å². The van der Waals surface area contributed by atoms with Crippen LogP contribution in [-0.4, -0.2) is 38.6 Å². The summed E-state index contributed by atoms with van der Waals surface area (Å²) in [5.74, 6) is 0.432. The zero-order valence-corrected chi connectivity index (χ0v) is 28.1. The maximum absolute atomic E-state index is 13.8. The Balaban J connectivity index is 0.939. The number of imidazole rings is 2. The van der Waals surface area contributed by atoms with Crippen molar-refractivity contribution in [2.75, 3.05) is 7.11 Å². The Morgan fingerprint density at radius 1 is 0.704 bits per heavy atom. The Kier molecular flexibility index (Phi) is 6.28. The van der Waals surface area contributed by atoms with Gasteiger partial charge in [-0.3, -0.25) is 28.6 Å². The van der Waals surface area contributed by atoms with Crippen LogP contribution in [0.4, 0.5) is 5.69 Å². The number of ether oxygens (including phenoxy) is 2. The van der Waals surface area contributed by atoms with Crippen LogP contribution in [0.25, 0.3) is 76.5 Å². The van der Waals surface area contributed by atoms with E-state index in [1.165, 1.54) is 6.07 Å². The molecule has 0 radical (unpaired) electrons. The van der Waals surface area contributed by atoms with Crippen molar-refractivity contribution >= 4 is 82.1 Å². The molecule has 4 aromatic heterocycles. The summed E-state index contributed by atoms with van der Waals surface area (Å²) in [6.07, 6.45) is -1.87. The number of pyridine rings is 2. The van der Waals surface area contributed by atoms with Gasteiger partial charge in [-0.05, 0) is 48.5 Å². The molecule has 1 aliphatic heterocycles. The number of hydrogen-bond acceptors (Lipinski definition) is 13. The smallest absolute Gasteiger partial charge is 0.264 e. The Morgan fingerprint density at radius 3 is 1.96 bits per heavy atom. The summed E-state index contributed by atoms with van der Waals surface area (Å²) < 4.78 is 14.9. The second-order valence-corrected chi connectivity index (χ2v) is 12.9. The highest BCUT2D eigenvalue weighted by Crippen LogP contribution is 2.42. The van der Waals surface area contributed by atoms with E-state index in [4.69, 9.17) is 19.4 Å². The second-order valence-electron chi connectivity index (χ2n) is 12.9. The normalized spacial score (nSPS) is 17.0. The van der Waals surface area contributed by atoms with E-state index in [-0.39, 0.29) is 21.9 Å². The fourth-order valence-corrected chi connectivity index (χ4v) is 7.73. The van der Waals surface area contributed by atoms with E-state index in [1.54, 1.807) is 46.2 Å². The van der Waals surface area contributed by atoms with Crippen LogP contribution < -0.4 is 42.9 Å².